The molecule has 1 nitrogen and oxygen atoms in total. The normalized spacial score (nSPS) is 15.4. The average molecular weight is 277 g/mol. The Labute approximate surface area is 127 Å². The summed E-state index contributed by atoms with van der Waals surface area (Å²) in [6.07, 6.45) is 5.74. The molecule has 0 atom stereocenters. The van der Waals surface area contributed by atoms with Crippen molar-refractivity contribution in [3.63, 3.8) is 0 Å². The zero-order valence-corrected chi connectivity index (χ0v) is 12.9. The van der Waals surface area contributed by atoms with E-state index in [0.29, 0.717) is 0 Å². The third kappa shape index (κ3) is 2.79. The van der Waals surface area contributed by atoms with E-state index in [4.69, 9.17) is 0 Å². The molecule has 0 aliphatic heterocycles. The largest absolute Gasteiger partial charge is 0.319 e. The van der Waals surface area contributed by atoms with Crippen LogP contribution in [0.3, 0.4) is 0 Å². The third-order valence-electron chi connectivity index (χ3n) is 4.40. The molecule has 108 valence electrons. The highest BCUT2D eigenvalue weighted by Gasteiger charge is 2.18. The molecule has 2 aromatic carbocycles. The van der Waals surface area contributed by atoms with Gasteiger partial charge in [0, 0.05) is 0 Å². The van der Waals surface area contributed by atoms with Crippen molar-refractivity contribution in [2.45, 2.75) is 26.2 Å². The van der Waals surface area contributed by atoms with Crippen molar-refractivity contribution in [3.05, 3.63) is 76.4 Å². The number of nitrogens with one attached hydrogen (secondary N) is 1. The Morgan fingerprint density at radius 1 is 1.00 bits per heavy atom. The monoisotopic (exact) mass is 277 g/mol. The maximum absolute atomic E-state index is 3.24. The van der Waals surface area contributed by atoms with Crippen LogP contribution in [-0.2, 0) is 12.8 Å². The second-order valence-corrected chi connectivity index (χ2v) is 5.77. The lowest BCUT2D eigenvalue weighted by atomic mass is 9.91. The average Bonchev–Trinajstić information content (AvgIpc) is 2.66. The van der Waals surface area contributed by atoms with Crippen LogP contribution in [0.1, 0.15) is 34.2 Å². The SMILES string of the molecule is CNCCC=C1c2ccccc2CCc2c(C)cccc21. The summed E-state index contributed by atoms with van der Waals surface area (Å²) in [5, 5.41) is 3.24. The van der Waals surface area contributed by atoms with Crippen LogP contribution in [0.5, 0.6) is 0 Å². The van der Waals surface area contributed by atoms with Gasteiger partial charge >= 0.3 is 0 Å². The summed E-state index contributed by atoms with van der Waals surface area (Å²) in [7, 11) is 2.01. The third-order valence-corrected chi connectivity index (χ3v) is 4.40. The Bertz CT molecular complexity index is 667. The van der Waals surface area contributed by atoms with Crippen LogP contribution >= 0.6 is 0 Å². The van der Waals surface area contributed by atoms with E-state index >= 15 is 0 Å². The summed E-state index contributed by atoms with van der Waals surface area (Å²) >= 11 is 0. The Morgan fingerprint density at radius 3 is 2.67 bits per heavy atom. The Balaban J connectivity index is 2.15. The molecule has 21 heavy (non-hydrogen) atoms. The predicted molar refractivity (Wildman–Crippen MR) is 90.7 cm³/mol. The maximum atomic E-state index is 3.24. The van der Waals surface area contributed by atoms with Crippen LogP contribution in [0.15, 0.2) is 48.5 Å². The van der Waals surface area contributed by atoms with Gasteiger partial charge in [-0.25, -0.2) is 0 Å². The van der Waals surface area contributed by atoms with E-state index in [9.17, 15) is 0 Å². The zero-order chi connectivity index (χ0) is 14.7. The minimum Gasteiger partial charge on any atom is -0.319 e. The molecule has 0 saturated heterocycles. The summed E-state index contributed by atoms with van der Waals surface area (Å²) in [6, 6.07) is 15.6. The number of rotatable bonds is 3. The molecule has 0 fully saturated rings. The molecule has 0 radical (unpaired) electrons. The molecule has 0 aromatic heterocycles. The molecule has 2 aromatic rings. The summed E-state index contributed by atoms with van der Waals surface area (Å²) in [5.74, 6) is 0. The lowest BCUT2D eigenvalue weighted by Crippen LogP contribution is -2.06. The topological polar surface area (TPSA) is 12.0 Å². The van der Waals surface area contributed by atoms with E-state index in [2.05, 4.69) is 60.8 Å². The van der Waals surface area contributed by atoms with Gasteiger partial charge < -0.3 is 5.32 Å². The molecule has 0 spiro atoms. The van der Waals surface area contributed by atoms with Crippen LogP contribution < -0.4 is 5.32 Å². The molecular weight excluding hydrogens is 254 g/mol. The number of hydrogen-bond donors (Lipinski definition) is 1. The number of aryl methyl sites for hydroxylation is 2. The van der Waals surface area contributed by atoms with Gasteiger partial charge in [0.05, 0.1) is 0 Å². The van der Waals surface area contributed by atoms with Crippen LogP contribution in [0.25, 0.3) is 5.57 Å². The maximum Gasteiger partial charge on any atom is -0.00169 e. The van der Waals surface area contributed by atoms with Gasteiger partial charge in [-0.2, -0.15) is 0 Å². The molecule has 3 rings (SSSR count). The van der Waals surface area contributed by atoms with Gasteiger partial charge in [0.25, 0.3) is 0 Å². The summed E-state index contributed by atoms with van der Waals surface area (Å²) in [6.45, 7) is 3.26. The first-order valence-electron chi connectivity index (χ1n) is 7.83. The molecule has 1 N–H and O–H groups in total. The molecule has 0 amide bonds. The standard InChI is InChI=1S/C20H23N/c1-15-7-5-10-19-17(15)13-12-16-8-3-4-9-18(16)20(19)11-6-14-21-2/h3-5,7-11,21H,6,12-14H2,1-2H3. The molecule has 0 bridgehead atoms. The van der Waals surface area contributed by atoms with Gasteiger partial charge in [-0.15, -0.1) is 0 Å². The predicted octanol–water partition coefficient (Wildman–Crippen LogP) is 4.13. The first-order valence-corrected chi connectivity index (χ1v) is 7.83. The Kier molecular flexibility index (Phi) is 4.21. The van der Waals surface area contributed by atoms with E-state index in [0.717, 1.165) is 25.8 Å². The van der Waals surface area contributed by atoms with E-state index in [1.807, 2.05) is 7.05 Å². The summed E-state index contributed by atoms with van der Waals surface area (Å²) in [5.41, 5.74) is 8.67. The van der Waals surface area contributed by atoms with Gasteiger partial charge in [0.2, 0.25) is 0 Å². The van der Waals surface area contributed by atoms with Crippen molar-refractivity contribution < 1.29 is 0 Å². The quantitative estimate of drug-likeness (QED) is 0.832. The minimum atomic E-state index is 1.02. The van der Waals surface area contributed by atoms with Crippen molar-refractivity contribution in [2.75, 3.05) is 13.6 Å². The van der Waals surface area contributed by atoms with Crippen LogP contribution in [0.2, 0.25) is 0 Å². The van der Waals surface area contributed by atoms with Gasteiger partial charge in [0.1, 0.15) is 0 Å². The van der Waals surface area contributed by atoms with Crippen LogP contribution in [0.4, 0.5) is 0 Å². The minimum absolute atomic E-state index is 1.02. The lowest BCUT2D eigenvalue weighted by molar-refractivity contribution is 0.808. The van der Waals surface area contributed by atoms with E-state index in [1.165, 1.54) is 33.4 Å². The van der Waals surface area contributed by atoms with Crippen LogP contribution in [0, 0.1) is 6.92 Å². The number of hydrogen-bond acceptors (Lipinski definition) is 1. The molecule has 0 unspecified atom stereocenters. The molecule has 1 aliphatic rings. The highest BCUT2D eigenvalue weighted by molar-refractivity contribution is 5.84. The Hall–Kier alpha value is -1.86. The first kappa shape index (κ1) is 14.1. The van der Waals surface area contributed by atoms with Crippen molar-refractivity contribution in [1.29, 1.82) is 0 Å². The molecule has 0 heterocycles. The fourth-order valence-electron chi connectivity index (χ4n) is 3.27. The van der Waals surface area contributed by atoms with Crippen LogP contribution in [-0.4, -0.2) is 13.6 Å². The Morgan fingerprint density at radius 2 is 1.81 bits per heavy atom. The second kappa shape index (κ2) is 6.28. The highest BCUT2D eigenvalue weighted by atomic mass is 14.8. The van der Waals surface area contributed by atoms with E-state index in [1.54, 1.807) is 0 Å². The van der Waals surface area contributed by atoms with Crippen molar-refractivity contribution in [2.24, 2.45) is 0 Å². The van der Waals surface area contributed by atoms with Crippen molar-refractivity contribution in [3.8, 4) is 0 Å². The molecule has 1 heteroatoms. The molecule has 1 aliphatic carbocycles. The first-order chi connectivity index (χ1) is 10.3. The fourth-order valence-corrected chi connectivity index (χ4v) is 3.27. The highest BCUT2D eigenvalue weighted by Crippen LogP contribution is 2.34. The van der Waals surface area contributed by atoms with Crippen molar-refractivity contribution >= 4 is 5.57 Å². The van der Waals surface area contributed by atoms with Crippen molar-refractivity contribution in [1.82, 2.24) is 5.32 Å². The number of benzene rings is 2. The fraction of sp³-hybridized carbons (Fsp3) is 0.300. The van der Waals surface area contributed by atoms with Gasteiger partial charge in [-0.05, 0) is 73.2 Å². The second-order valence-electron chi connectivity index (χ2n) is 5.77. The number of fused-ring (bicyclic) bond motifs is 2. The van der Waals surface area contributed by atoms with E-state index < -0.39 is 0 Å². The summed E-state index contributed by atoms with van der Waals surface area (Å²) in [4.78, 5) is 0. The van der Waals surface area contributed by atoms with Gasteiger partial charge in [-0.1, -0.05) is 48.5 Å². The molecular formula is C20H23N. The zero-order valence-electron chi connectivity index (χ0n) is 12.9. The molecule has 0 saturated carbocycles. The van der Waals surface area contributed by atoms with E-state index in [-0.39, 0.29) is 0 Å². The summed E-state index contributed by atoms with van der Waals surface area (Å²) < 4.78 is 0. The smallest absolute Gasteiger partial charge is 0.00169 e. The van der Waals surface area contributed by atoms with Gasteiger partial charge in [-0.3, -0.25) is 0 Å². The lowest BCUT2D eigenvalue weighted by Gasteiger charge is -2.13. The van der Waals surface area contributed by atoms with Gasteiger partial charge in [0.15, 0.2) is 0 Å².